The van der Waals surface area contributed by atoms with Gasteiger partial charge in [-0.05, 0) is 12.8 Å². The first-order chi connectivity index (χ1) is 7.37. The van der Waals surface area contributed by atoms with Crippen LogP contribution in [-0.4, -0.2) is 34.1 Å². The lowest BCUT2D eigenvalue weighted by molar-refractivity contribution is -0.142. The molecule has 0 saturated heterocycles. The Morgan fingerprint density at radius 3 is 2.44 bits per heavy atom. The maximum atomic E-state index is 11.3. The molecule has 0 aromatic heterocycles. The summed E-state index contributed by atoms with van der Waals surface area (Å²) in [5.41, 5.74) is 0. The van der Waals surface area contributed by atoms with Crippen LogP contribution in [0.15, 0.2) is 0 Å². The van der Waals surface area contributed by atoms with Gasteiger partial charge in [-0.1, -0.05) is 13.8 Å². The van der Waals surface area contributed by atoms with Crippen LogP contribution in [0.1, 0.15) is 27.2 Å². The van der Waals surface area contributed by atoms with Crippen LogP contribution in [0.5, 0.6) is 0 Å². The van der Waals surface area contributed by atoms with Gasteiger partial charge in [0.05, 0.1) is 13.0 Å². The van der Waals surface area contributed by atoms with E-state index in [4.69, 9.17) is 0 Å². The molecule has 0 amide bonds. The standard InChI is InChI=1S/C9H20N2O4S/c1-4-15-9(12)5-6-10-16(13,14)11-7-8(2)3/h8,10-11H,4-7H2,1-3H3. The molecular formula is C9H20N2O4S. The fourth-order valence-corrected chi connectivity index (χ4v) is 1.87. The van der Waals surface area contributed by atoms with E-state index in [1.165, 1.54) is 0 Å². The zero-order chi connectivity index (χ0) is 12.6. The predicted octanol–water partition coefficient (Wildman–Crippen LogP) is 0.0196. The van der Waals surface area contributed by atoms with Gasteiger partial charge >= 0.3 is 5.97 Å². The van der Waals surface area contributed by atoms with Gasteiger partial charge in [0.15, 0.2) is 0 Å². The topological polar surface area (TPSA) is 84.5 Å². The second kappa shape index (κ2) is 7.59. The highest BCUT2D eigenvalue weighted by atomic mass is 32.2. The van der Waals surface area contributed by atoms with Crippen molar-refractivity contribution in [2.75, 3.05) is 19.7 Å². The Morgan fingerprint density at radius 2 is 1.94 bits per heavy atom. The van der Waals surface area contributed by atoms with Crippen molar-refractivity contribution in [3.05, 3.63) is 0 Å². The monoisotopic (exact) mass is 252 g/mol. The number of hydrogen-bond donors (Lipinski definition) is 2. The summed E-state index contributed by atoms with van der Waals surface area (Å²) in [6.07, 6.45) is 0.0381. The van der Waals surface area contributed by atoms with Crippen LogP contribution >= 0.6 is 0 Å². The summed E-state index contributed by atoms with van der Waals surface area (Å²) in [7, 11) is -3.50. The molecule has 0 aliphatic rings. The molecule has 0 heterocycles. The number of ether oxygens (including phenoxy) is 1. The molecule has 0 aromatic carbocycles. The van der Waals surface area contributed by atoms with Crippen molar-refractivity contribution in [1.29, 1.82) is 0 Å². The summed E-state index contributed by atoms with van der Waals surface area (Å²) in [5, 5.41) is 0. The van der Waals surface area contributed by atoms with E-state index in [0.29, 0.717) is 13.2 Å². The lowest BCUT2D eigenvalue weighted by atomic mass is 10.2. The van der Waals surface area contributed by atoms with E-state index >= 15 is 0 Å². The lowest BCUT2D eigenvalue weighted by Gasteiger charge is -2.09. The number of carbonyl (C=O) groups is 1. The van der Waals surface area contributed by atoms with E-state index in [9.17, 15) is 13.2 Å². The Hall–Kier alpha value is -0.660. The highest BCUT2D eigenvalue weighted by Gasteiger charge is 2.10. The molecule has 0 unspecified atom stereocenters. The van der Waals surface area contributed by atoms with E-state index in [0.717, 1.165) is 0 Å². The Labute approximate surface area is 96.9 Å². The molecule has 0 saturated carbocycles. The van der Waals surface area contributed by atoms with Crippen molar-refractivity contribution in [3.8, 4) is 0 Å². The third-order valence-corrected chi connectivity index (χ3v) is 2.74. The molecular weight excluding hydrogens is 232 g/mol. The molecule has 0 aromatic rings. The summed E-state index contributed by atoms with van der Waals surface area (Å²) < 4.78 is 31.9. The van der Waals surface area contributed by atoms with Gasteiger partial charge in [-0.3, -0.25) is 4.79 Å². The predicted molar refractivity (Wildman–Crippen MR) is 61.0 cm³/mol. The second-order valence-electron chi connectivity index (χ2n) is 3.70. The number of rotatable bonds is 8. The molecule has 2 N–H and O–H groups in total. The smallest absolute Gasteiger partial charge is 0.307 e. The van der Waals surface area contributed by atoms with Gasteiger partial charge in [-0.2, -0.15) is 8.42 Å². The van der Waals surface area contributed by atoms with E-state index in [1.807, 2.05) is 13.8 Å². The Balaban J connectivity index is 3.78. The zero-order valence-electron chi connectivity index (χ0n) is 9.95. The fourth-order valence-electron chi connectivity index (χ4n) is 0.848. The Kier molecular flexibility index (Phi) is 7.27. The average molecular weight is 252 g/mol. The Morgan fingerprint density at radius 1 is 1.31 bits per heavy atom. The van der Waals surface area contributed by atoms with E-state index in [2.05, 4.69) is 14.2 Å². The van der Waals surface area contributed by atoms with Crippen molar-refractivity contribution < 1.29 is 17.9 Å². The second-order valence-corrected chi connectivity index (χ2v) is 5.28. The van der Waals surface area contributed by atoms with E-state index in [-0.39, 0.29) is 18.9 Å². The maximum Gasteiger partial charge on any atom is 0.307 e. The molecule has 0 aliphatic carbocycles. The van der Waals surface area contributed by atoms with Crippen LogP contribution in [0.25, 0.3) is 0 Å². The SMILES string of the molecule is CCOC(=O)CCNS(=O)(=O)NCC(C)C. The average Bonchev–Trinajstić information content (AvgIpc) is 2.15. The van der Waals surface area contributed by atoms with E-state index < -0.39 is 16.2 Å². The Bertz CT molecular complexity index is 301. The molecule has 0 radical (unpaired) electrons. The quantitative estimate of drug-likeness (QED) is 0.596. The summed E-state index contributed by atoms with van der Waals surface area (Å²) >= 11 is 0. The molecule has 0 rings (SSSR count). The molecule has 0 atom stereocenters. The fraction of sp³-hybridized carbons (Fsp3) is 0.889. The number of nitrogens with one attached hydrogen (secondary N) is 2. The minimum absolute atomic E-state index is 0.0381. The molecule has 0 bridgehead atoms. The summed E-state index contributed by atoms with van der Waals surface area (Å²) in [6.45, 7) is 6.23. The molecule has 0 aliphatic heterocycles. The molecule has 6 nitrogen and oxygen atoms in total. The van der Waals surface area contributed by atoms with Gasteiger partial charge in [0.25, 0.3) is 10.2 Å². The largest absolute Gasteiger partial charge is 0.466 e. The van der Waals surface area contributed by atoms with Crippen LogP contribution in [0.4, 0.5) is 0 Å². The van der Waals surface area contributed by atoms with Gasteiger partial charge in [-0.25, -0.2) is 9.44 Å². The molecule has 96 valence electrons. The number of esters is 1. The van der Waals surface area contributed by atoms with Crippen LogP contribution in [-0.2, 0) is 19.7 Å². The highest BCUT2D eigenvalue weighted by Crippen LogP contribution is 1.90. The summed E-state index contributed by atoms with van der Waals surface area (Å²) in [4.78, 5) is 10.9. The van der Waals surface area contributed by atoms with Crippen LogP contribution in [0.3, 0.4) is 0 Å². The van der Waals surface area contributed by atoms with Gasteiger partial charge in [-0.15, -0.1) is 0 Å². The summed E-state index contributed by atoms with van der Waals surface area (Å²) in [5.74, 6) is -0.171. The van der Waals surface area contributed by atoms with Crippen LogP contribution in [0, 0.1) is 5.92 Å². The first kappa shape index (κ1) is 15.3. The molecule has 16 heavy (non-hydrogen) atoms. The first-order valence-corrected chi connectivity index (χ1v) is 6.75. The van der Waals surface area contributed by atoms with E-state index in [1.54, 1.807) is 6.92 Å². The van der Waals surface area contributed by atoms with Crippen molar-refractivity contribution in [3.63, 3.8) is 0 Å². The van der Waals surface area contributed by atoms with Crippen molar-refractivity contribution in [2.24, 2.45) is 5.92 Å². The van der Waals surface area contributed by atoms with Gasteiger partial charge < -0.3 is 4.74 Å². The van der Waals surface area contributed by atoms with Crippen molar-refractivity contribution in [1.82, 2.24) is 9.44 Å². The van der Waals surface area contributed by atoms with Crippen LogP contribution < -0.4 is 9.44 Å². The number of hydrogen-bond acceptors (Lipinski definition) is 4. The van der Waals surface area contributed by atoms with Gasteiger partial charge in [0.1, 0.15) is 0 Å². The molecule has 7 heteroatoms. The summed E-state index contributed by atoms with van der Waals surface area (Å²) in [6, 6.07) is 0. The van der Waals surface area contributed by atoms with Gasteiger partial charge in [0, 0.05) is 13.1 Å². The highest BCUT2D eigenvalue weighted by molar-refractivity contribution is 7.87. The van der Waals surface area contributed by atoms with Crippen LogP contribution in [0.2, 0.25) is 0 Å². The first-order valence-electron chi connectivity index (χ1n) is 5.27. The third-order valence-electron chi connectivity index (χ3n) is 1.61. The van der Waals surface area contributed by atoms with Crippen molar-refractivity contribution >= 4 is 16.2 Å². The number of carbonyl (C=O) groups excluding carboxylic acids is 1. The maximum absolute atomic E-state index is 11.3. The van der Waals surface area contributed by atoms with Crippen molar-refractivity contribution in [2.45, 2.75) is 27.2 Å². The van der Waals surface area contributed by atoms with Gasteiger partial charge in [0.2, 0.25) is 0 Å². The third kappa shape index (κ3) is 8.63. The minimum atomic E-state index is -3.50. The normalized spacial score (nSPS) is 11.8. The molecule has 0 spiro atoms. The lowest BCUT2D eigenvalue weighted by Crippen LogP contribution is -2.39. The molecule has 0 fully saturated rings. The minimum Gasteiger partial charge on any atom is -0.466 e. The zero-order valence-corrected chi connectivity index (χ0v) is 10.8.